The van der Waals surface area contributed by atoms with Gasteiger partial charge in [0.1, 0.15) is 5.82 Å². The summed E-state index contributed by atoms with van der Waals surface area (Å²) in [6.07, 6.45) is 14.9. The Balaban J connectivity index is 0.00000189. The molecule has 2 heterocycles. The van der Waals surface area contributed by atoms with Crippen LogP contribution in [0, 0.1) is 23.7 Å². The predicted octanol–water partition coefficient (Wildman–Crippen LogP) is 5.52. The summed E-state index contributed by atoms with van der Waals surface area (Å²) >= 11 is 0. The molecule has 0 aromatic heterocycles. The van der Waals surface area contributed by atoms with Crippen LogP contribution in [0.25, 0.3) is 5.57 Å². The van der Waals surface area contributed by atoms with Crippen LogP contribution in [0.5, 0.6) is 0 Å². The number of nitrogens with zero attached hydrogens (tertiary/aromatic N) is 4. The number of carbonyl (C=O) groups is 1. The Morgan fingerprint density at radius 2 is 1.78 bits per heavy atom. The van der Waals surface area contributed by atoms with Crippen molar-refractivity contribution in [2.45, 2.75) is 53.4 Å². The highest BCUT2D eigenvalue weighted by Gasteiger charge is 2.29. The van der Waals surface area contributed by atoms with Crippen molar-refractivity contribution < 1.29 is 4.79 Å². The van der Waals surface area contributed by atoms with Gasteiger partial charge in [-0.25, -0.2) is 4.99 Å². The summed E-state index contributed by atoms with van der Waals surface area (Å²) in [6.45, 7) is 12.8. The number of carbonyl (C=O) groups excluding carboxylic acids is 1. The molecule has 1 fully saturated rings. The van der Waals surface area contributed by atoms with Gasteiger partial charge in [0.05, 0.1) is 5.92 Å². The zero-order valence-corrected chi connectivity index (χ0v) is 26.4. The van der Waals surface area contributed by atoms with E-state index in [2.05, 4.69) is 79.3 Å². The third-order valence-electron chi connectivity index (χ3n) is 8.91. The number of hydrogen-bond donors (Lipinski definition) is 1. The molecule has 1 aromatic carbocycles. The van der Waals surface area contributed by atoms with Crippen LogP contribution in [0.2, 0.25) is 0 Å². The van der Waals surface area contributed by atoms with Gasteiger partial charge in [0.25, 0.3) is 0 Å². The highest BCUT2D eigenvalue weighted by molar-refractivity contribution is 5.98. The largest absolute Gasteiger partial charge is 0.384 e. The lowest BCUT2D eigenvalue weighted by Gasteiger charge is -2.35. The second kappa shape index (κ2) is 13.7. The summed E-state index contributed by atoms with van der Waals surface area (Å²) in [6, 6.07) is 6.92. The Bertz CT molecular complexity index is 1250. The Morgan fingerprint density at radius 3 is 2.49 bits per heavy atom. The molecule has 1 aromatic rings. The summed E-state index contributed by atoms with van der Waals surface area (Å²) in [5, 5.41) is 0. The van der Waals surface area contributed by atoms with E-state index in [0.29, 0.717) is 17.7 Å². The van der Waals surface area contributed by atoms with Crippen molar-refractivity contribution in [1.82, 2.24) is 14.7 Å². The topological polar surface area (TPSA) is 65.2 Å². The maximum Gasteiger partial charge on any atom is 0.229 e. The number of benzene rings is 1. The second-order valence-corrected chi connectivity index (χ2v) is 12.3. The van der Waals surface area contributed by atoms with Crippen LogP contribution in [-0.4, -0.2) is 73.6 Å². The first-order valence-electron chi connectivity index (χ1n) is 15.6. The minimum atomic E-state index is -0.125. The number of rotatable bonds is 4. The molecule has 4 aliphatic rings. The number of hydrogen-bond acceptors (Lipinski definition) is 5. The Kier molecular flexibility index (Phi) is 10.3. The maximum atomic E-state index is 12.8. The molecular weight excluding hydrogens is 506 g/mol. The summed E-state index contributed by atoms with van der Waals surface area (Å²) in [7, 11) is 5.88. The molecule has 6 heteroatoms. The molecule has 222 valence electrons. The van der Waals surface area contributed by atoms with Crippen molar-refractivity contribution in [1.29, 1.82) is 0 Å². The third kappa shape index (κ3) is 7.40. The van der Waals surface area contributed by atoms with E-state index >= 15 is 0 Å². The number of nitrogens with two attached hydrogens (primary N) is 1. The second-order valence-electron chi connectivity index (χ2n) is 12.3. The molecule has 4 atom stereocenters. The molecule has 41 heavy (non-hydrogen) atoms. The number of aliphatic imine (C=N–C) groups is 1. The van der Waals surface area contributed by atoms with Gasteiger partial charge < -0.3 is 20.4 Å². The lowest BCUT2D eigenvalue weighted by molar-refractivity contribution is -0.132. The average molecular weight is 558 g/mol. The fourth-order valence-corrected chi connectivity index (χ4v) is 6.46. The molecule has 3 unspecified atom stereocenters. The number of piperazine rings is 1. The molecule has 0 saturated carbocycles. The van der Waals surface area contributed by atoms with Crippen LogP contribution in [0.4, 0.5) is 0 Å². The molecule has 0 spiro atoms. The number of fused-ring (bicyclic) bond motifs is 1. The van der Waals surface area contributed by atoms with Gasteiger partial charge in [0.15, 0.2) is 0 Å². The number of amides is 1. The molecule has 1 saturated heterocycles. The lowest BCUT2D eigenvalue weighted by Crippen LogP contribution is -2.44. The normalized spacial score (nSPS) is 26.7. The van der Waals surface area contributed by atoms with Gasteiger partial charge in [-0.05, 0) is 72.6 Å². The van der Waals surface area contributed by atoms with Crippen LogP contribution in [0.15, 0.2) is 65.1 Å². The monoisotopic (exact) mass is 557 g/mol. The van der Waals surface area contributed by atoms with Crippen molar-refractivity contribution in [3.05, 3.63) is 76.8 Å². The standard InChI is InChI=1S/C33H45N5O.C2H6/c1-22-16-24-8-9-25(26-7-6-23(2)30(20-26)33(39)36(3)4)18-27(24)19-28(17-22)31-21-29(10-11-32(34)35-31)38-14-12-37(5)13-15-38;1-2/h6-9,11,18,20-23,28,30H,10,12-17,19,34H2,1-5H3;1-2H3/t22?,23-,28?,30?;/m1./s1. The lowest BCUT2D eigenvalue weighted by atomic mass is 9.83. The van der Waals surface area contributed by atoms with Crippen LogP contribution >= 0.6 is 0 Å². The third-order valence-corrected chi connectivity index (χ3v) is 8.91. The number of allylic oxidation sites excluding steroid dienone is 5. The van der Waals surface area contributed by atoms with E-state index in [9.17, 15) is 4.79 Å². The smallest absolute Gasteiger partial charge is 0.229 e. The Hall–Kier alpha value is -3.12. The summed E-state index contributed by atoms with van der Waals surface area (Å²) in [4.78, 5) is 24.4. The minimum Gasteiger partial charge on any atom is -0.384 e. The van der Waals surface area contributed by atoms with Gasteiger partial charge in [-0.2, -0.15) is 0 Å². The van der Waals surface area contributed by atoms with Crippen molar-refractivity contribution >= 4 is 17.2 Å². The van der Waals surface area contributed by atoms with Gasteiger partial charge in [-0.15, -0.1) is 0 Å². The minimum absolute atomic E-state index is 0.125. The quantitative estimate of drug-likeness (QED) is 0.495. The zero-order valence-electron chi connectivity index (χ0n) is 26.4. The van der Waals surface area contributed by atoms with Gasteiger partial charge in [-0.3, -0.25) is 4.79 Å². The zero-order chi connectivity index (χ0) is 29.7. The van der Waals surface area contributed by atoms with E-state index in [1.165, 1.54) is 22.4 Å². The van der Waals surface area contributed by atoms with Crippen molar-refractivity contribution in [2.75, 3.05) is 47.3 Å². The molecule has 0 radical (unpaired) electrons. The van der Waals surface area contributed by atoms with E-state index in [1.807, 2.05) is 27.9 Å². The van der Waals surface area contributed by atoms with Crippen LogP contribution < -0.4 is 5.73 Å². The molecule has 2 aliphatic heterocycles. The Morgan fingerprint density at radius 1 is 1.05 bits per heavy atom. The van der Waals surface area contributed by atoms with Gasteiger partial charge in [0, 0.05) is 64.0 Å². The van der Waals surface area contributed by atoms with Crippen LogP contribution in [0.3, 0.4) is 0 Å². The molecule has 6 nitrogen and oxygen atoms in total. The Labute approximate surface area is 248 Å². The first-order chi connectivity index (χ1) is 19.7. The number of likely N-dealkylation sites (N-methyl/N-ethyl adjacent to an activating group) is 1. The van der Waals surface area contributed by atoms with Crippen LogP contribution in [-0.2, 0) is 17.6 Å². The van der Waals surface area contributed by atoms with Gasteiger partial charge in [0.2, 0.25) is 5.91 Å². The van der Waals surface area contributed by atoms with Crippen molar-refractivity contribution in [3.8, 4) is 0 Å². The molecule has 2 aliphatic carbocycles. The van der Waals surface area contributed by atoms with Gasteiger partial charge >= 0.3 is 0 Å². The molecule has 0 bridgehead atoms. The predicted molar refractivity (Wildman–Crippen MR) is 172 cm³/mol. The average Bonchev–Trinajstić information content (AvgIpc) is 3.26. The fraction of sp³-hybridized carbons (Fsp3) is 0.543. The molecule has 5 rings (SSSR count). The molecule has 1 amide bonds. The summed E-state index contributed by atoms with van der Waals surface area (Å²) in [5.41, 5.74) is 14.0. The maximum absolute atomic E-state index is 12.8. The highest BCUT2D eigenvalue weighted by Crippen LogP contribution is 2.35. The first-order valence-corrected chi connectivity index (χ1v) is 15.6. The molecule has 2 N–H and O–H groups in total. The van der Waals surface area contributed by atoms with Crippen LogP contribution in [0.1, 0.15) is 57.2 Å². The van der Waals surface area contributed by atoms with Crippen molar-refractivity contribution in [3.63, 3.8) is 0 Å². The highest BCUT2D eigenvalue weighted by atomic mass is 16.2. The van der Waals surface area contributed by atoms with E-state index in [1.54, 1.807) is 4.90 Å². The van der Waals surface area contributed by atoms with Gasteiger partial charge in [-0.1, -0.05) is 64.1 Å². The van der Waals surface area contributed by atoms with E-state index < -0.39 is 0 Å². The van der Waals surface area contributed by atoms with Crippen molar-refractivity contribution in [2.24, 2.45) is 34.4 Å². The molecular formula is C35H51N5O. The SMILES string of the molecule is CC.CC1Cc2ccc(C3=CC(C(=O)N(C)C)[C@H](C)C=C3)cc2CC(C2=NC(N)=CCC(N3CCN(C)CC3)=C2)C1. The fourth-order valence-electron chi connectivity index (χ4n) is 6.46. The first kappa shape index (κ1) is 30.8. The van der Waals surface area contributed by atoms with E-state index in [0.717, 1.165) is 63.1 Å². The summed E-state index contributed by atoms with van der Waals surface area (Å²) < 4.78 is 0. The van der Waals surface area contributed by atoms with E-state index in [-0.39, 0.29) is 17.7 Å². The summed E-state index contributed by atoms with van der Waals surface area (Å²) in [5.74, 6) is 1.76. The van der Waals surface area contributed by atoms with E-state index in [4.69, 9.17) is 10.7 Å².